The summed E-state index contributed by atoms with van der Waals surface area (Å²) in [5, 5.41) is 7.77. The molecule has 30 heavy (non-hydrogen) atoms. The van der Waals surface area contributed by atoms with Gasteiger partial charge >= 0.3 is 0 Å². The summed E-state index contributed by atoms with van der Waals surface area (Å²) in [5.41, 5.74) is 1.06. The van der Waals surface area contributed by atoms with Crippen LogP contribution in [-0.2, 0) is 0 Å². The van der Waals surface area contributed by atoms with E-state index in [0.717, 1.165) is 30.0 Å². The van der Waals surface area contributed by atoms with Crippen molar-refractivity contribution in [2.45, 2.75) is 116 Å². The first-order chi connectivity index (χ1) is 13.6. The van der Waals surface area contributed by atoms with E-state index < -0.39 is 0 Å². The predicted octanol–water partition coefficient (Wildman–Crippen LogP) is 5.03. The van der Waals surface area contributed by atoms with E-state index >= 15 is 0 Å². The molecule has 2 aliphatic rings. The van der Waals surface area contributed by atoms with Crippen LogP contribution in [0.5, 0.6) is 0 Å². The second-order valence-corrected chi connectivity index (χ2v) is 13.1. The molecule has 2 aliphatic heterocycles. The molecule has 0 aromatic heterocycles. The first kappa shape index (κ1) is 25.9. The van der Waals surface area contributed by atoms with Crippen LogP contribution in [0.2, 0.25) is 0 Å². The summed E-state index contributed by atoms with van der Waals surface area (Å²) in [7, 11) is 4.56. The highest BCUT2D eigenvalue weighted by atomic mass is 32.1. The summed E-state index contributed by atoms with van der Waals surface area (Å²) in [5.74, 6) is 1.51. The van der Waals surface area contributed by atoms with Gasteiger partial charge < -0.3 is 10.6 Å². The van der Waals surface area contributed by atoms with Crippen molar-refractivity contribution in [3.05, 3.63) is 0 Å². The van der Waals surface area contributed by atoms with E-state index in [1.54, 1.807) is 0 Å². The van der Waals surface area contributed by atoms with Crippen molar-refractivity contribution >= 4 is 17.3 Å². The van der Waals surface area contributed by atoms with Crippen LogP contribution >= 0.6 is 12.2 Å². The van der Waals surface area contributed by atoms with E-state index in [1.807, 2.05) is 0 Å². The van der Waals surface area contributed by atoms with E-state index in [9.17, 15) is 0 Å². The summed E-state index contributed by atoms with van der Waals surface area (Å²) < 4.78 is 0. The van der Waals surface area contributed by atoms with Crippen LogP contribution < -0.4 is 10.6 Å². The molecule has 0 aromatic rings. The Hall–Kier alpha value is -0.390. The number of hydrogen-bond acceptors (Lipinski definition) is 3. The zero-order valence-corrected chi connectivity index (χ0v) is 22.4. The number of rotatable bonds is 6. The molecule has 0 spiro atoms. The van der Waals surface area contributed by atoms with Gasteiger partial charge in [-0.2, -0.15) is 0 Å². The predicted molar refractivity (Wildman–Crippen MR) is 135 cm³/mol. The van der Waals surface area contributed by atoms with Gasteiger partial charge in [0.15, 0.2) is 5.11 Å². The fourth-order valence-corrected chi connectivity index (χ4v) is 6.61. The third kappa shape index (κ3) is 6.32. The third-order valence-electron chi connectivity index (χ3n) is 8.46. The fraction of sp³-hybridized carbons (Fsp3) is 0.960. The minimum Gasteiger partial charge on any atom is -0.363 e. The molecule has 0 bridgehead atoms. The Bertz CT molecular complexity index is 510. The van der Waals surface area contributed by atoms with Crippen LogP contribution in [0.4, 0.5) is 0 Å². The van der Waals surface area contributed by atoms with Gasteiger partial charge in [0.2, 0.25) is 0 Å². The smallest absolute Gasteiger partial charge is 0.166 e. The van der Waals surface area contributed by atoms with Gasteiger partial charge in [-0.15, -0.1) is 0 Å². The fourth-order valence-electron chi connectivity index (χ4n) is 6.41. The lowest BCUT2D eigenvalue weighted by Crippen LogP contribution is -2.58. The Morgan fingerprint density at radius 2 is 0.933 bits per heavy atom. The van der Waals surface area contributed by atoms with Gasteiger partial charge in [0, 0.05) is 35.2 Å². The molecule has 2 N–H and O–H groups in total. The van der Waals surface area contributed by atoms with Crippen LogP contribution in [0.3, 0.4) is 0 Å². The Labute approximate surface area is 192 Å². The minimum absolute atomic E-state index is 0.265. The number of nitrogens with one attached hydrogen (secondary N) is 2. The first-order valence-electron chi connectivity index (χ1n) is 12.1. The standard InChI is InChI=1S/C25H50N4S/c1-22(2)15-19(16-23(3,4)28(22)9)11-13-26-21(30)27-14-12-20-17-24(5,6)29(10)25(7,8)18-20/h19-20H,11-18H2,1-10H3,(H2,26,27,30). The van der Waals surface area contributed by atoms with Crippen molar-refractivity contribution in [2.75, 3.05) is 27.2 Å². The van der Waals surface area contributed by atoms with Gasteiger partial charge in [0.1, 0.15) is 0 Å². The maximum Gasteiger partial charge on any atom is 0.166 e. The molecule has 5 heteroatoms. The maximum atomic E-state index is 5.57. The molecule has 0 saturated carbocycles. The maximum absolute atomic E-state index is 5.57. The highest BCUT2D eigenvalue weighted by Crippen LogP contribution is 2.42. The molecule has 0 aliphatic carbocycles. The molecule has 4 nitrogen and oxygen atoms in total. The molecular weight excluding hydrogens is 388 g/mol. The molecule has 2 heterocycles. The van der Waals surface area contributed by atoms with Crippen LogP contribution in [0.15, 0.2) is 0 Å². The largest absolute Gasteiger partial charge is 0.363 e. The highest BCUT2D eigenvalue weighted by molar-refractivity contribution is 7.80. The third-order valence-corrected chi connectivity index (χ3v) is 8.75. The van der Waals surface area contributed by atoms with Gasteiger partial charge in [-0.1, -0.05) is 0 Å². The average molecular weight is 439 g/mol. The van der Waals surface area contributed by atoms with Crippen molar-refractivity contribution in [1.82, 2.24) is 20.4 Å². The van der Waals surface area contributed by atoms with E-state index in [1.165, 1.54) is 38.5 Å². The minimum atomic E-state index is 0.265. The molecule has 2 saturated heterocycles. The monoisotopic (exact) mass is 438 g/mol. The molecule has 0 atom stereocenters. The Kier molecular flexibility index (Phi) is 7.96. The summed E-state index contributed by atoms with van der Waals surface area (Å²) in [6.07, 6.45) is 7.43. The SMILES string of the molecule is CN1C(C)(C)CC(CCNC(=S)NCCC2CC(C)(C)N(C)C(C)(C)C2)CC1(C)C. The summed E-state index contributed by atoms with van der Waals surface area (Å²) in [4.78, 5) is 5.11. The van der Waals surface area contributed by atoms with E-state index in [2.05, 4.69) is 89.9 Å². The van der Waals surface area contributed by atoms with E-state index in [4.69, 9.17) is 12.2 Å². The summed E-state index contributed by atoms with van der Waals surface area (Å²) in [6.45, 7) is 21.0. The van der Waals surface area contributed by atoms with Gasteiger partial charge in [0.25, 0.3) is 0 Å². The molecule has 176 valence electrons. The van der Waals surface area contributed by atoms with Gasteiger partial charge in [-0.05, 0) is 132 Å². The van der Waals surface area contributed by atoms with Crippen molar-refractivity contribution < 1.29 is 0 Å². The molecule has 0 unspecified atom stereocenters. The van der Waals surface area contributed by atoms with Gasteiger partial charge in [0.05, 0.1) is 0 Å². The first-order valence-corrected chi connectivity index (χ1v) is 12.5. The van der Waals surface area contributed by atoms with Crippen LogP contribution in [0, 0.1) is 11.8 Å². The second kappa shape index (κ2) is 9.23. The summed E-state index contributed by atoms with van der Waals surface area (Å²) >= 11 is 5.57. The quantitative estimate of drug-likeness (QED) is 0.568. The number of likely N-dealkylation sites (tertiary alicyclic amines) is 2. The van der Waals surface area contributed by atoms with Crippen LogP contribution in [0.1, 0.15) is 93.9 Å². The van der Waals surface area contributed by atoms with Crippen molar-refractivity contribution in [1.29, 1.82) is 0 Å². The lowest BCUT2D eigenvalue weighted by Gasteiger charge is -2.54. The molecular formula is C25H50N4S. The molecule has 0 radical (unpaired) electrons. The zero-order chi connectivity index (χ0) is 23.0. The second-order valence-electron chi connectivity index (χ2n) is 12.7. The number of nitrogens with zero attached hydrogens (tertiary/aromatic N) is 2. The van der Waals surface area contributed by atoms with Gasteiger partial charge in [-0.3, -0.25) is 9.80 Å². The highest BCUT2D eigenvalue weighted by Gasteiger charge is 2.43. The number of hydrogen-bond donors (Lipinski definition) is 2. The van der Waals surface area contributed by atoms with Crippen molar-refractivity contribution in [3.8, 4) is 0 Å². The lowest BCUT2D eigenvalue weighted by molar-refractivity contribution is -0.0314. The van der Waals surface area contributed by atoms with Crippen molar-refractivity contribution in [2.24, 2.45) is 11.8 Å². The Balaban J connectivity index is 1.70. The normalized spacial score (nSPS) is 27.0. The van der Waals surface area contributed by atoms with E-state index in [-0.39, 0.29) is 22.2 Å². The van der Waals surface area contributed by atoms with E-state index in [0.29, 0.717) is 0 Å². The molecule has 0 aromatic carbocycles. The van der Waals surface area contributed by atoms with Crippen molar-refractivity contribution in [3.63, 3.8) is 0 Å². The van der Waals surface area contributed by atoms with Crippen LogP contribution in [-0.4, -0.2) is 64.3 Å². The number of thiocarbonyl (C=S) groups is 1. The Morgan fingerprint density at radius 1 is 0.667 bits per heavy atom. The molecule has 2 rings (SSSR count). The average Bonchev–Trinajstić information content (AvgIpc) is 2.56. The Morgan fingerprint density at radius 3 is 1.20 bits per heavy atom. The van der Waals surface area contributed by atoms with Crippen LogP contribution in [0.25, 0.3) is 0 Å². The topological polar surface area (TPSA) is 30.5 Å². The summed E-state index contributed by atoms with van der Waals surface area (Å²) in [6, 6.07) is 0. The van der Waals surface area contributed by atoms with Gasteiger partial charge in [-0.25, -0.2) is 0 Å². The molecule has 2 fully saturated rings. The lowest BCUT2D eigenvalue weighted by atomic mass is 9.73. The zero-order valence-electron chi connectivity index (χ0n) is 21.6. The molecule has 0 amide bonds. The number of piperidine rings is 2.